The summed E-state index contributed by atoms with van der Waals surface area (Å²) in [6, 6.07) is 9.76. The maximum atomic E-state index is 12.7. The van der Waals surface area contributed by atoms with Crippen LogP contribution in [-0.4, -0.2) is 56.6 Å². The van der Waals surface area contributed by atoms with Gasteiger partial charge in [-0.05, 0) is 0 Å². The summed E-state index contributed by atoms with van der Waals surface area (Å²) in [4.78, 5) is 12.7. The first-order chi connectivity index (χ1) is 17.5. The largest absolute Gasteiger partial charge is 0.319 e. The molecular formula is C27H44B3N3O3. The summed E-state index contributed by atoms with van der Waals surface area (Å²) in [6.45, 7) is 14.3. The van der Waals surface area contributed by atoms with Crippen molar-refractivity contribution in [1.29, 1.82) is 0 Å². The number of hydrogen-bond donors (Lipinski definition) is 4. The molecule has 9 heteroatoms. The molecule has 1 aromatic heterocycles. The van der Waals surface area contributed by atoms with Crippen LogP contribution in [-0.2, 0) is 11.3 Å². The van der Waals surface area contributed by atoms with Crippen molar-refractivity contribution in [3.8, 4) is 5.75 Å². The molecule has 0 aliphatic rings. The van der Waals surface area contributed by atoms with Crippen molar-refractivity contribution in [2.24, 2.45) is 17.2 Å². The van der Waals surface area contributed by atoms with Crippen molar-refractivity contribution >= 4 is 42.5 Å². The van der Waals surface area contributed by atoms with Crippen LogP contribution in [0.4, 0.5) is 0 Å². The second kappa shape index (κ2) is 20.8. The minimum Gasteiger partial charge on any atom is -0.319 e. The Morgan fingerprint density at radius 1 is 1.19 bits per heavy atom. The molecule has 194 valence electrons. The van der Waals surface area contributed by atoms with Gasteiger partial charge in [0.2, 0.25) is 0 Å². The summed E-state index contributed by atoms with van der Waals surface area (Å²) in [5, 5.41) is 10.5. The monoisotopic (exact) mass is 491 g/mol. The molecule has 1 aromatic carbocycles. The summed E-state index contributed by atoms with van der Waals surface area (Å²) >= 11 is 0. The van der Waals surface area contributed by atoms with Gasteiger partial charge in [0.25, 0.3) is 0 Å². The number of nitrogens with two attached hydrogens (primary N) is 3. The fourth-order valence-electron chi connectivity index (χ4n) is 3.70. The molecule has 6 nitrogen and oxygen atoms in total. The second-order valence-corrected chi connectivity index (χ2v) is 7.92. The Morgan fingerprint density at radius 3 is 2.42 bits per heavy atom. The topological polar surface area (TPSA) is 125 Å². The molecule has 0 spiro atoms. The number of hydrogen-bond acceptors (Lipinski definition) is 6. The summed E-state index contributed by atoms with van der Waals surface area (Å²) in [6.07, 6.45) is 5.29. The van der Waals surface area contributed by atoms with E-state index in [1.165, 1.54) is 0 Å². The number of aliphatic hydroxyl groups excluding tert-OH is 1. The molecule has 2 aromatic rings. The Bertz CT molecular complexity index is 938. The fraction of sp³-hybridized carbons (Fsp3) is 0.444. The van der Waals surface area contributed by atoms with E-state index in [1.54, 1.807) is 0 Å². The molecule has 0 saturated carbocycles. The van der Waals surface area contributed by atoms with Crippen molar-refractivity contribution in [2.45, 2.75) is 60.4 Å². The third-order valence-corrected chi connectivity index (χ3v) is 5.38. The second-order valence-electron chi connectivity index (χ2n) is 7.92. The quantitative estimate of drug-likeness (QED) is 0.205. The zero-order valence-corrected chi connectivity index (χ0v) is 22.8. The molecule has 0 aliphatic heterocycles. The average molecular weight is 491 g/mol. The number of benzene rings is 1. The van der Waals surface area contributed by atoms with Gasteiger partial charge in [0, 0.05) is 6.67 Å². The first-order valence-corrected chi connectivity index (χ1v) is 12.9. The summed E-state index contributed by atoms with van der Waals surface area (Å²) in [5.74, 6) is 4.78. The van der Waals surface area contributed by atoms with Crippen LogP contribution in [0.25, 0.3) is 5.47 Å². The van der Waals surface area contributed by atoms with E-state index in [0.29, 0.717) is 13.2 Å². The molecule has 0 bridgehead atoms. The van der Waals surface area contributed by atoms with Gasteiger partial charge in [-0.15, -0.1) is 0 Å². The van der Waals surface area contributed by atoms with Crippen molar-refractivity contribution in [3.63, 3.8) is 0 Å². The van der Waals surface area contributed by atoms with Gasteiger partial charge in [-0.2, -0.15) is 0 Å². The van der Waals surface area contributed by atoms with Gasteiger partial charge in [-0.1, -0.05) is 13.8 Å². The van der Waals surface area contributed by atoms with Crippen LogP contribution in [0.5, 0.6) is 5.75 Å². The van der Waals surface area contributed by atoms with Gasteiger partial charge in [0.1, 0.15) is 0 Å². The molecular weight excluding hydrogens is 447 g/mol. The van der Waals surface area contributed by atoms with E-state index in [0.717, 1.165) is 52.4 Å². The van der Waals surface area contributed by atoms with Crippen molar-refractivity contribution < 1.29 is 14.6 Å². The first kappa shape index (κ1) is 33.7. The van der Waals surface area contributed by atoms with Gasteiger partial charge in [-0.25, -0.2) is 0 Å². The minimum atomic E-state index is -0.539. The van der Waals surface area contributed by atoms with Gasteiger partial charge >= 0.3 is 188 Å². The van der Waals surface area contributed by atoms with Gasteiger partial charge in [-0.3, -0.25) is 0 Å². The van der Waals surface area contributed by atoms with Crippen LogP contribution < -0.4 is 27.4 Å². The van der Waals surface area contributed by atoms with E-state index in [9.17, 15) is 9.90 Å². The molecule has 36 heavy (non-hydrogen) atoms. The zero-order chi connectivity index (χ0) is 27.3. The smallest absolute Gasteiger partial charge is 0.0403 e. The van der Waals surface area contributed by atoms with Crippen molar-refractivity contribution in [3.05, 3.63) is 59.5 Å². The van der Waals surface area contributed by atoms with Gasteiger partial charge in [0.15, 0.2) is 0 Å². The van der Waals surface area contributed by atoms with E-state index in [2.05, 4.69) is 18.4 Å². The maximum absolute atomic E-state index is 12.7. The predicted octanol–water partition coefficient (Wildman–Crippen LogP) is 2.24. The standard InChI is InChI=1S/C24H32B3NO3.C2H6.CH6N2/c1-4-6-7-13-31-23-11-10-21(14-20(23)16-28)27(24(30)17-29)18(3)26-22(5-2)19-9-8-12-25-15-19;1-2;2-1-3/h5,8-12,14-15,29H,4,6-7,13,16-17,28H2,1-3H3;1-2H3;1-3H2/b22-5-;;. The predicted molar refractivity (Wildman–Crippen MR) is 159 cm³/mol. The van der Waals surface area contributed by atoms with Crippen LogP contribution in [0.1, 0.15) is 65.0 Å². The Morgan fingerprint density at radius 2 is 1.89 bits per heavy atom. The Hall–Kier alpha value is -2.32. The Labute approximate surface area is 219 Å². The number of carbonyl (C=O) groups is 1. The number of ether oxygens (including phenoxy) is 1. The number of aliphatic hydroxyl groups is 1. The number of unbranched alkanes of at least 4 members (excludes halogenated alkanes) is 2. The molecule has 0 atom stereocenters. The minimum absolute atomic E-state index is 0.239. The molecule has 0 saturated heterocycles. The Kier molecular flexibility index (Phi) is 19.5. The molecule has 1 heterocycles. The maximum Gasteiger partial charge on any atom is 0.0403 e. The SMILES string of the molecule is C/C=C(\B=C(C)B(C(=O)CO)c1ccc(OCCCCC)c(CN)c1)c1cbccc1.CC.NCN. The summed E-state index contributed by atoms with van der Waals surface area (Å²) in [5.41, 5.74) is 18.8. The number of allylic oxidation sites excluding steroid dienone is 1. The van der Waals surface area contributed by atoms with Crippen LogP contribution >= 0.6 is 0 Å². The first-order valence-electron chi connectivity index (χ1n) is 12.9. The molecule has 0 aliphatic carbocycles. The van der Waals surface area contributed by atoms with Crippen molar-refractivity contribution in [1.82, 2.24) is 0 Å². The third-order valence-electron chi connectivity index (χ3n) is 5.38. The average Bonchev–Trinajstić information content (AvgIpc) is 2.92. The molecule has 7 N–H and O–H groups in total. The molecule has 0 fully saturated rings. The van der Waals surface area contributed by atoms with Crippen LogP contribution in [0.15, 0.2) is 48.3 Å². The van der Waals surface area contributed by atoms with Gasteiger partial charge in [0.05, 0.1) is 0 Å². The normalized spacial score (nSPS) is 10.7. The van der Waals surface area contributed by atoms with E-state index in [1.807, 2.05) is 89.9 Å². The van der Waals surface area contributed by atoms with Crippen LogP contribution in [0, 0.1) is 0 Å². The van der Waals surface area contributed by atoms with Crippen LogP contribution in [0.3, 0.4) is 0 Å². The fourth-order valence-corrected chi connectivity index (χ4v) is 3.70. The van der Waals surface area contributed by atoms with E-state index in [4.69, 9.17) is 10.5 Å². The molecule has 0 unspecified atom stereocenters. The number of rotatable bonds is 12. The van der Waals surface area contributed by atoms with Crippen LogP contribution in [0.2, 0.25) is 0 Å². The summed E-state index contributed by atoms with van der Waals surface area (Å²) < 4.78 is 5.91. The number of carbonyl (C=O) groups excluding carboxylic acids is 1. The molecule has 0 radical (unpaired) electrons. The van der Waals surface area contributed by atoms with Crippen molar-refractivity contribution in [2.75, 3.05) is 19.9 Å². The van der Waals surface area contributed by atoms with Gasteiger partial charge < -0.3 is 11.5 Å². The van der Waals surface area contributed by atoms with E-state index >= 15 is 0 Å². The molecule has 0 amide bonds. The zero-order valence-electron chi connectivity index (χ0n) is 22.8. The molecule has 2 rings (SSSR count). The van der Waals surface area contributed by atoms with E-state index in [-0.39, 0.29) is 12.4 Å². The van der Waals surface area contributed by atoms with E-state index < -0.39 is 13.3 Å². The Balaban J connectivity index is 0.00000227. The third kappa shape index (κ3) is 11.6. The summed E-state index contributed by atoms with van der Waals surface area (Å²) in [7, 11) is 0.